The minimum Gasteiger partial charge on any atom is -0.481 e. The Hall–Kier alpha value is 0.170. The van der Waals surface area contributed by atoms with Crippen LogP contribution in [0.25, 0.3) is 0 Å². The topological polar surface area (TPSA) is 37.3 Å². The molecular weight excluding hydrogens is 336 g/mol. The number of rotatable bonds is 10. The number of thioether (sulfide) groups is 2. The van der Waals surface area contributed by atoms with Crippen molar-refractivity contribution in [1.82, 2.24) is 0 Å². The van der Waals surface area contributed by atoms with E-state index in [9.17, 15) is 4.79 Å². The van der Waals surface area contributed by atoms with E-state index in [1.807, 2.05) is 0 Å². The van der Waals surface area contributed by atoms with Crippen LogP contribution in [0.2, 0.25) is 0 Å². The van der Waals surface area contributed by atoms with Crippen molar-refractivity contribution in [3.63, 3.8) is 0 Å². The molecule has 2 saturated heterocycles. The predicted octanol–water partition coefficient (Wildman–Crippen LogP) is 5.99. The molecule has 0 amide bonds. The van der Waals surface area contributed by atoms with E-state index in [4.69, 9.17) is 5.11 Å². The van der Waals surface area contributed by atoms with Gasteiger partial charge in [-0.2, -0.15) is 23.5 Å². The van der Waals surface area contributed by atoms with E-state index < -0.39 is 5.97 Å². The van der Waals surface area contributed by atoms with Gasteiger partial charge in [-0.15, -0.1) is 0 Å². The van der Waals surface area contributed by atoms with E-state index in [1.165, 1.54) is 70.0 Å². The lowest BCUT2D eigenvalue weighted by molar-refractivity contribution is -0.137. The zero-order valence-electron chi connectivity index (χ0n) is 15.0. The van der Waals surface area contributed by atoms with Crippen molar-refractivity contribution >= 4 is 29.5 Å². The van der Waals surface area contributed by atoms with Crippen LogP contribution in [0, 0.1) is 11.8 Å². The van der Waals surface area contributed by atoms with E-state index in [0.29, 0.717) is 6.42 Å². The number of carbonyl (C=O) groups is 1. The monoisotopic (exact) mass is 370 g/mol. The maximum Gasteiger partial charge on any atom is 0.303 e. The third-order valence-electron chi connectivity index (χ3n) is 6.34. The molecule has 0 aromatic heterocycles. The van der Waals surface area contributed by atoms with Gasteiger partial charge in [-0.25, -0.2) is 0 Å². The minimum atomic E-state index is -0.640. The lowest BCUT2D eigenvalue weighted by atomic mass is 9.77. The van der Waals surface area contributed by atoms with Crippen LogP contribution in [0.3, 0.4) is 0 Å². The number of carboxylic acid groups (broad SMARTS) is 1. The van der Waals surface area contributed by atoms with Crippen LogP contribution < -0.4 is 0 Å². The highest BCUT2D eigenvalue weighted by Crippen LogP contribution is 2.55. The Labute approximate surface area is 156 Å². The first kappa shape index (κ1) is 18.9. The predicted molar refractivity (Wildman–Crippen MR) is 106 cm³/mol. The Morgan fingerprint density at radius 3 is 2.38 bits per heavy atom. The largest absolute Gasteiger partial charge is 0.481 e. The van der Waals surface area contributed by atoms with Gasteiger partial charge in [0.1, 0.15) is 0 Å². The lowest BCUT2D eigenvalue weighted by Gasteiger charge is -2.31. The molecule has 3 rings (SSSR count). The second kappa shape index (κ2) is 9.75. The number of fused-ring (bicyclic) bond motifs is 2. The smallest absolute Gasteiger partial charge is 0.303 e. The maximum absolute atomic E-state index is 10.6. The zero-order valence-corrected chi connectivity index (χ0v) is 16.6. The minimum absolute atomic E-state index is 0.352. The van der Waals surface area contributed by atoms with E-state index in [-0.39, 0.29) is 0 Å². The summed E-state index contributed by atoms with van der Waals surface area (Å²) in [6, 6.07) is 0. The van der Waals surface area contributed by atoms with Crippen molar-refractivity contribution in [3.8, 4) is 0 Å². The summed E-state index contributed by atoms with van der Waals surface area (Å²) in [4.78, 5) is 10.6. The Morgan fingerprint density at radius 2 is 1.62 bits per heavy atom. The zero-order chi connectivity index (χ0) is 16.8. The number of unbranched alkanes of at least 4 members (excludes halogenated alkanes) is 3. The van der Waals surface area contributed by atoms with Crippen LogP contribution in [-0.4, -0.2) is 32.6 Å². The molecule has 138 valence electrons. The standard InChI is InChI=1S/C20H34O2S2/c21-20(22)11-7-2-1-6-10-16-17(19-13-12-18(16)24-19)14-23-15-8-4-3-5-9-15/h15-19H,1-14H2,(H,21,22). The Bertz CT molecular complexity index is 395. The summed E-state index contributed by atoms with van der Waals surface area (Å²) >= 11 is 4.63. The average molecular weight is 371 g/mol. The average Bonchev–Trinajstić information content (AvgIpc) is 3.18. The van der Waals surface area contributed by atoms with Crippen LogP contribution in [0.1, 0.15) is 83.5 Å². The van der Waals surface area contributed by atoms with Gasteiger partial charge in [0.2, 0.25) is 0 Å². The molecule has 1 N–H and O–H groups in total. The first-order chi connectivity index (χ1) is 11.7. The molecule has 0 aromatic rings. The van der Waals surface area contributed by atoms with E-state index in [1.54, 1.807) is 0 Å². The molecule has 3 fully saturated rings. The molecule has 4 unspecified atom stereocenters. The van der Waals surface area contributed by atoms with Crippen molar-refractivity contribution in [1.29, 1.82) is 0 Å². The highest BCUT2D eigenvalue weighted by Gasteiger charge is 2.47. The summed E-state index contributed by atoms with van der Waals surface area (Å²) in [6.07, 6.45) is 16.5. The van der Waals surface area contributed by atoms with Gasteiger partial charge in [-0.3, -0.25) is 4.79 Å². The molecule has 3 aliphatic rings. The van der Waals surface area contributed by atoms with Crippen LogP contribution in [0.5, 0.6) is 0 Å². The number of aliphatic carboxylic acids is 1. The fraction of sp³-hybridized carbons (Fsp3) is 0.950. The molecule has 1 saturated carbocycles. The highest BCUT2D eigenvalue weighted by molar-refractivity contribution is 8.01. The highest BCUT2D eigenvalue weighted by atomic mass is 32.2. The van der Waals surface area contributed by atoms with Crippen LogP contribution in [0.15, 0.2) is 0 Å². The summed E-state index contributed by atoms with van der Waals surface area (Å²) in [5, 5.41) is 11.6. The van der Waals surface area contributed by atoms with Gasteiger partial charge < -0.3 is 5.11 Å². The summed E-state index contributed by atoms with van der Waals surface area (Å²) in [5.41, 5.74) is 0. The van der Waals surface area contributed by atoms with Gasteiger partial charge in [-0.05, 0) is 56.1 Å². The van der Waals surface area contributed by atoms with Gasteiger partial charge in [0.05, 0.1) is 0 Å². The molecule has 4 atom stereocenters. The van der Waals surface area contributed by atoms with E-state index in [2.05, 4.69) is 23.5 Å². The molecule has 2 heterocycles. The summed E-state index contributed by atoms with van der Waals surface area (Å²) in [6.45, 7) is 0. The first-order valence-corrected chi connectivity index (χ1v) is 12.2. The Balaban J connectivity index is 1.37. The normalized spacial score (nSPS) is 33.2. The van der Waals surface area contributed by atoms with Gasteiger partial charge in [0, 0.05) is 22.2 Å². The molecular formula is C20H34O2S2. The molecule has 4 heteroatoms. The molecule has 0 spiro atoms. The summed E-state index contributed by atoms with van der Waals surface area (Å²) in [7, 11) is 0. The summed E-state index contributed by atoms with van der Waals surface area (Å²) < 4.78 is 0. The van der Waals surface area contributed by atoms with Gasteiger partial charge in [-0.1, -0.05) is 38.5 Å². The third-order valence-corrected chi connectivity index (χ3v) is 9.73. The van der Waals surface area contributed by atoms with E-state index >= 15 is 0 Å². The molecule has 0 radical (unpaired) electrons. The van der Waals surface area contributed by atoms with Gasteiger partial charge >= 0.3 is 5.97 Å². The van der Waals surface area contributed by atoms with Crippen molar-refractivity contribution < 1.29 is 9.90 Å². The quantitative estimate of drug-likeness (QED) is 0.479. The SMILES string of the molecule is O=C(O)CCCCCCC1C2CCC(S2)C1CSC1CCCCC1. The molecule has 2 aliphatic heterocycles. The molecule has 24 heavy (non-hydrogen) atoms. The second-order valence-corrected chi connectivity index (χ2v) is 10.9. The van der Waals surface area contributed by atoms with Crippen molar-refractivity contribution in [3.05, 3.63) is 0 Å². The number of carboxylic acids is 1. The van der Waals surface area contributed by atoms with Crippen LogP contribution in [-0.2, 0) is 4.79 Å². The van der Waals surface area contributed by atoms with Crippen molar-refractivity contribution in [2.45, 2.75) is 99.2 Å². The number of hydrogen-bond donors (Lipinski definition) is 1. The maximum atomic E-state index is 10.6. The fourth-order valence-corrected chi connectivity index (χ4v) is 8.79. The first-order valence-electron chi connectivity index (χ1n) is 10.2. The second-order valence-electron chi connectivity index (χ2n) is 8.06. The number of hydrogen-bond acceptors (Lipinski definition) is 3. The van der Waals surface area contributed by atoms with E-state index in [0.717, 1.165) is 40.4 Å². The summed E-state index contributed by atoms with van der Waals surface area (Å²) in [5.74, 6) is 2.71. The van der Waals surface area contributed by atoms with Crippen LogP contribution >= 0.6 is 23.5 Å². The van der Waals surface area contributed by atoms with Gasteiger partial charge in [0.15, 0.2) is 0 Å². The Morgan fingerprint density at radius 1 is 0.917 bits per heavy atom. The fourth-order valence-electron chi connectivity index (χ4n) is 4.99. The molecule has 1 aliphatic carbocycles. The Kier molecular flexibility index (Phi) is 7.70. The third kappa shape index (κ3) is 5.33. The van der Waals surface area contributed by atoms with Crippen molar-refractivity contribution in [2.24, 2.45) is 11.8 Å². The lowest BCUT2D eigenvalue weighted by Crippen LogP contribution is -2.29. The molecule has 2 nitrogen and oxygen atoms in total. The molecule has 2 bridgehead atoms. The van der Waals surface area contributed by atoms with Crippen LogP contribution in [0.4, 0.5) is 0 Å². The van der Waals surface area contributed by atoms with Gasteiger partial charge in [0.25, 0.3) is 0 Å². The molecule has 0 aromatic carbocycles. The van der Waals surface area contributed by atoms with Crippen molar-refractivity contribution in [2.75, 3.05) is 5.75 Å².